The van der Waals surface area contributed by atoms with Crippen LogP contribution in [0.5, 0.6) is 0 Å². The van der Waals surface area contributed by atoms with Crippen molar-refractivity contribution in [2.24, 2.45) is 0 Å². The second kappa shape index (κ2) is 4.70. The van der Waals surface area contributed by atoms with Crippen molar-refractivity contribution in [1.82, 2.24) is 9.97 Å². The van der Waals surface area contributed by atoms with Gasteiger partial charge in [0, 0.05) is 12.4 Å². The predicted octanol–water partition coefficient (Wildman–Crippen LogP) is 1.94. The fraction of sp³-hybridized carbons (Fsp3) is 0.385. The largest absolute Gasteiger partial charge is 0.376 e. The molecule has 2 atom stereocenters. The molecule has 6 heteroatoms. The van der Waals surface area contributed by atoms with E-state index in [1.54, 1.807) is 18.0 Å². The summed E-state index contributed by atoms with van der Waals surface area (Å²) in [6, 6.07) is 3.89. The Morgan fingerprint density at radius 3 is 2.89 bits per heavy atom. The highest BCUT2D eigenvalue weighted by atomic mass is 19.1. The summed E-state index contributed by atoms with van der Waals surface area (Å²) in [5, 5.41) is 0.573. The molecule has 1 aliphatic heterocycles. The van der Waals surface area contributed by atoms with Crippen molar-refractivity contribution in [1.29, 1.82) is 0 Å². The Bertz CT molecular complexity index is 607. The van der Waals surface area contributed by atoms with Gasteiger partial charge in [0.05, 0.1) is 24.8 Å². The van der Waals surface area contributed by atoms with Crippen molar-refractivity contribution < 1.29 is 13.5 Å². The van der Waals surface area contributed by atoms with Gasteiger partial charge in [0.15, 0.2) is 0 Å². The zero-order valence-electron chi connectivity index (χ0n) is 10.4. The first-order valence-electron chi connectivity index (χ1n) is 6.02. The molecule has 1 aliphatic rings. The lowest BCUT2D eigenvalue weighted by Gasteiger charge is -2.26. The first-order chi connectivity index (χ1) is 9.16. The standard InChI is InChI=1S/C13H13F2N3O/c1-18(12-6-19-5-10(12)15)13-9-4-8(14)2-3-11(9)16-7-17-13/h2-4,7,10,12H,5-6H2,1H3/t10-,12-/m1/s1. The fourth-order valence-corrected chi connectivity index (χ4v) is 2.32. The summed E-state index contributed by atoms with van der Waals surface area (Å²) >= 11 is 0. The third-order valence-corrected chi connectivity index (χ3v) is 3.39. The zero-order chi connectivity index (χ0) is 13.4. The molecule has 1 fully saturated rings. The van der Waals surface area contributed by atoms with E-state index >= 15 is 0 Å². The second-order valence-corrected chi connectivity index (χ2v) is 4.59. The van der Waals surface area contributed by atoms with E-state index in [0.717, 1.165) is 0 Å². The molecule has 0 unspecified atom stereocenters. The van der Waals surface area contributed by atoms with Crippen LogP contribution in [0.3, 0.4) is 0 Å². The van der Waals surface area contributed by atoms with Gasteiger partial charge >= 0.3 is 0 Å². The summed E-state index contributed by atoms with van der Waals surface area (Å²) in [7, 11) is 1.73. The Labute approximate surface area is 109 Å². The minimum absolute atomic E-state index is 0.0897. The minimum Gasteiger partial charge on any atom is -0.376 e. The van der Waals surface area contributed by atoms with Gasteiger partial charge in [-0.3, -0.25) is 0 Å². The van der Waals surface area contributed by atoms with Gasteiger partial charge in [0.25, 0.3) is 0 Å². The first-order valence-corrected chi connectivity index (χ1v) is 6.02. The maximum Gasteiger partial charge on any atom is 0.146 e. The normalized spacial score (nSPS) is 22.9. The molecule has 1 aromatic carbocycles. The van der Waals surface area contributed by atoms with E-state index in [4.69, 9.17) is 4.74 Å². The predicted molar refractivity (Wildman–Crippen MR) is 67.4 cm³/mol. The Kier molecular flexibility index (Phi) is 3.02. The Balaban J connectivity index is 2.06. The Morgan fingerprint density at radius 2 is 2.16 bits per heavy atom. The van der Waals surface area contributed by atoms with Gasteiger partial charge in [-0.1, -0.05) is 0 Å². The molecule has 0 spiro atoms. The SMILES string of the molecule is CN(c1ncnc2ccc(F)cc12)[C@@H]1COC[C@H]1F. The van der Waals surface area contributed by atoms with Gasteiger partial charge in [-0.2, -0.15) is 0 Å². The minimum atomic E-state index is -1.07. The summed E-state index contributed by atoms with van der Waals surface area (Å²) in [6.45, 7) is 0.394. The molecule has 0 bridgehead atoms. The molecule has 19 heavy (non-hydrogen) atoms. The molecule has 2 aromatic rings. The van der Waals surface area contributed by atoms with Crippen LogP contribution in [0.15, 0.2) is 24.5 Å². The van der Waals surface area contributed by atoms with Gasteiger partial charge in [-0.25, -0.2) is 18.7 Å². The van der Waals surface area contributed by atoms with Gasteiger partial charge in [0.1, 0.15) is 24.1 Å². The van der Waals surface area contributed by atoms with E-state index in [1.165, 1.54) is 18.5 Å². The van der Waals surface area contributed by atoms with Crippen molar-refractivity contribution in [3.8, 4) is 0 Å². The van der Waals surface area contributed by atoms with Crippen LogP contribution in [0, 0.1) is 5.82 Å². The maximum atomic E-state index is 13.7. The quantitative estimate of drug-likeness (QED) is 0.831. The van der Waals surface area contributed by atoms with E-state index < -0.39 is 12.2 Å². The molecule has 1 aromatic heterocycles. The van der Waals surface area contributed by atoms with Gasteiger partial charge in [-0.15, -0.1) is 0 Å². The lowest BCUT2D eigenvalue weighted by atomic mass is 10.1. The van der Waals surface area contributed by atoms with E-state index in [9.17, 15) is 8.78 Å². The molecule has 0 aliphatic carbocycles. The molecule has 0 radical (unpaired) electrons. The third-order valence-electron chi connectivity index (χ3n) is 3.39. The topological polar surface area (TPSA) is 38.2 Å². The van der Waals surface area contributed by atoms with E-state index in [2.05, 4.69) is 9.97 Å². The molecule has 0 N–H and O–H groups in total. The fourth-order valence-electron chi connectivity index (χ4n) is 2.32. The first kappa shape index (κ1) is 12.2. The Morgan fingerprint density at radius 1 is 1.32 bits per heavy atom. The van der Waals surface area contributed by atoms with Crippen molar-refractivity contribution in [3.05, 3.63) is 30.3 Å². The number of halogens is 2. The number of nitrogens with zero attached hydrogens (tertiary/aromatic N) is 3. The Hall–Kier alpha value is -1.82. The molecule has 4 nitrogen and oxygen atoms in total. The molecule has 0 saturated carbocycles. The average molecular weight is 265 g/mol. The van der Waals surface area contributed by atoms with Crippen LogP contribution >= 0.6 is 0 Å². The number of alkyl halides is 1. The number of rotatable bonds is 2. The van der Waals surface area contributed by atoms with Crippen molar-refractivity contribution in [3.63, 3.8) is 0 Å². The van der Waals surface area contributed by atoms with E-state index in [1.807, 2.05) is 0 Å². The number of fused-ring (bicyclic) bond motifs is 1. The molecular weight excluding hydrogens is 252 g/mol. The van der Waals surface area contributed by atoms with Gasteiger partial charge in [-0.05, 0) is 18.2 Å². The van der Waals surface area contributed by atoms with Gasteiger partial charge in [0.2, 0.25) is 0 Å². The monoisotopic (exact) mass is 265 g/mol. The smallest absolute Gasteiger partial charge is 0.146 e. The zero-order valence-corrected chi connectivity index (χ0v) is 10.4. The van der Waals surface area contributed by atoms with Crippen LogP contribution in [-0.2, 0) is 4.74 Å². The lowest BCUT2D eigenvalue weighted by molar-refractivity contribution is 0.173. The van der Waals surface area contributed by atoms with E-state index in [0.29, 0.717) is 23.3 Å². The lowest BCUT2D eigenvalue weighted by Crippen LogP contribution is -2.39. The third kappa shape index (κ3) is 2.12. The van der Waals surface area contributed by atoms with Crippen LogP contribution in [0.4, 0.5) is 14.6 Å². The number of anilines is 1. The highest BCUT2D eigenvalue weighted by Crippen LogP contribution is 2.27. The van der Waals surface area contributed by atoms with Gasteiger partial charge < -0.3 is 9.64 Å². The number of benzene rings is 1. The number of aromatic nitrogens is 2. The molecule has 3 rings (SSSR count). The second-order valence-electron chi connectivity index (χ2n) is 4.59. The van der Waals surface area contributed by atoms with E-state index in [-0.39, 0.29) is 12.4 Å². The number of ether oxygens (including phenoxy) is 1. The summed E-state index contributed by atoms with van der Waals surface area (Å²) < 4.78 is 32.2. The van der Waals surface area contributed by atoms with Crippen LogP contribution in [0.25, 0.3) is 10.9 Å². The van der Waals surface area contributed by atoms with Crippen LogP contribution in [-0.4, -0.2) is 42.4 Å². The summed E-state index contributed by atoms with van der Waals surface area (Å²) in [5.74, 6) is 0.152. The van der Waals surface area contributed by atoms with Crippen molar-refractivity contribution in [2.75, 3.05) is 25.2 Å². The highest BCUT2D eigenvalue weighted by Gasteiger charge is 2.32. The van der Waals surface area contributed by atoms with Crippen LogP contribution < -0.4 is 4.90 Å². The molecule has 2 heterocycles. The highest BCUT2D eigenvalue weighted by molar-refractivity contribution is 5.89. The number of likely N-dealkylation sites (N-methyl/N-ethyl adjacent to an activating group) is 1. The van der Waals surface area contributed by atoms with Crippen LogP contribution in [0.2, 0.25) is 0 Å². The molecule has 0 amide bonds. The van der Waals surface area contributed by atoms with Crippen LogP contribution in [0.1, 0.15) is 0 Å². The molecular formula is C13H13F2N3O. The summed E-state index contributed by atoms with van der Waals surface area (Å²) in [5.41, 5.74) is 0.632. The molecule has 1 saturated heterocycles. The van der Waals surface area contributed by atoms with Crippen molar-refractivity contribution in [2.45, 2.75) is 12.2 Å². The molecule has 100 valence electrons. The summed E-state index contributed by atoms with van der Waals surface area (Å²) in [4.78, 5) is 9.93. The summed E-state index contributed by atoms with van der Waals surface area (Å²) in [6.07, 6.45) is 0.332. The van der Waals surface area contributed by atoms with Crippen molar-refractivity contribution >= 4 is 16.7 Å². The number of hydrogen-bond acceptors (Lipinski definition) is 4. The number of hydrogen-bond donors (Lipinski definition) is 0. The average Bonchev–Trinajstić information content (AvgIpc) is 2.83. The maximum absolute atomic E-state index is 13.7.